The largest absolute Gasteiger partial charge is 0.497 e. The molecule has 33 heavy (non-hydrogen) atoms. The second kappa shape index (κ2) is 9.61. The Bertz CT molecular complexity index is 1320. The number of nitrogens with zero attached hydrogens (tertiary/aromatic N) is 1. The van der Waals surface area contributed by atoms with E-state index in [1.54, 1.807) is 7.11 Å². The number of carbonyl (C=O) groups is 2. The van der Waals surface area contributed by atoms with Gasteiger partial charge in [-0.3, -0.25) is 4.79 Å². The summed E-state index contributed by atoms with van der Waals surface area (Å²) in [6.07, 6.45) is 1.19. The molecule has 0 unspecified atom stereocenters. The molecular formula is C27H26N2O4. The number of fused-ring (bicyclic) bond motifs is 1. The molecule has 0 saturated heterocycles. The topological polar surface area (TPSA) is 80.6 Å². The highest BCUT2D eigenvalue weighted by Crippen LogP contribution is 2.37. The number of methoxy groups -OCH3 is 1. The summed E-state index contributed by atoms with van der Waals surface area (Å²) in [6.45, 7) is 2.33. The normalized spacial score (nSPS) is 10.8. The third-order valence-corrected chi connectivity index (χ3v) is 5.56. The molecule has 0 aliphatic heterocycles. The Morgan fingerprint density at radius 2 is 1.79 bits per heavy atom. The SMILES string of the molecule is CCCC(=O)Nc1cccc(-c2c(C(=O)O)n(Cc3cccc(OC)c3)c3ccccc23)c1. The zero-order valence-electron chi connectivity index (χ0n) is 18.7. The Labute approximate surface area is 192 Å². The summed E-state index contributed by atoms with van der Waals surface area (Å²) in [5, 5.41) is 14.0. The van der Waals surface area contributed by atoms with Crippen molar-refractivity contribution in [2.45, 2.75) is 26.3 Å². The Kier molecular flexibility index (Phi) is 6.45. The number of rotatable bonds is 8. The van der Waals surface area contributed by atoms with Gasteiger partial charge in [0.2, 0.25) is 5.91 Å². The number of carboxylic acids is 1. The lowest BCUT2D eigenvalue weighted by atomic mass is 10.0. The number of carbonyl (C=O) groups excluding carboxylic acids is 1. The lowest BCUT2D eigenvalue weighted by Crippen LogP contribution is -2.11. The molecular weight excluding hydrogens is 416 g/mol. The van der Waals surface area contributed by atoms with Crippen LogP contribution in [0.25, 0.3) is 22.0 Å². The lowest BCUT2D eigenvalue weighted by Gasteiger charge is -2.11. The van der Waals surface area contributed by atoms with Crippen molar-refractivity contribution in [3.8, 4) is 16.9 Å². The quantitative estimate of drug-likeness (QED) is 0.361. The summed E-state index contributed by atoms with van der Waals surface area (Å²) in [6, 6.07) is 22.6. The molecule has 0 aliphatic rings. The van der Waals surface area contributed by atoms with Crippen molar-refractivity contribution in [2.75, 3.05) is 12.4 Å². The Morgan fingerprint density at radius 3 is 2.55 bits per heavy atom. The zero-order valence-corrected chi connectivity index (χ0v) is 18.7. The van der Waals surface area contributed by atoms with E-state index >= 15 is 0 Å². The number of hydrogen-bond acceptors (Lipinski definition) is 3. The molecule has 0 spiro atoms. The van der Waals surface area contributed by atoms with E-state index < -0.39 is 5.97 Å². The molecule has 0 fully saturated rings. The molecule has 168 valence electrons. The van der Waals surface area contributed by atoms with E-state index in [1.165, 1.54) is 0 Å². The molecule has 0 atom stereocenters. The lowest BCUT2D eigenvalue weighted by molar-refractivity contribution is -0.116. The Morgan fingerprint density at radius 1 is 1.00 bits per heavy atom. The smallest absolute Gasteiger partial charge is 0.353 e. The molecule has 4 rings (SSSR count). The van der Waals surface area contributed by atoms with Crippen LogP contribution in [0.5, 0.6) is 5.75 Å². The van der Waals surface area contributed by atoms with Crippen LogP contribution in [0.15, 0.2) is 72.8 Å². The molecule has 4 aromatic rings. The fourth-order valence-corrected chi connectivity index (χ4v) is 4.14. The number of amides is 1. The first kappa shape index (κ1) is 22.1. The van der Waals surface area contributed by atoms with Crippen LogP contribution in [0.3, 0.4) is 0 Å². The van der Waals surface area contributed by atoms with Gasteiger partial charge in [0.1, 0.15) is 11.4 Å². The van der Waals surface area contributed by atoms with Gasteiger partial charge >= 0.3 is 5.97 Å². The van der Waals surface area contributed by atoms with Crippen molar-refractivity contribution in [2.24, 2.45) is 0 Å². The number of hydrogen-bond donors (Lipinski definition) is 2. The summed E-state index contributed by atoms with van der Waals surface area (Å²) in [7, 11) is 1.61. The molecule has 6 heteroatoms. The van der Waals surface area contributed by atoms with Gasteiger partial charge in [-0.2, -0.15) is 0 Å². The molecule has 6 nitrogen and oxygen atoms in total. The highest BCUT2D eigenvalue weighted by Gasteiger charge is 2.24. The number of para-hydroxylation sites is 1. The van der Waals surface area contributed by atoms with Gasteiger partial charge in [0.15, 0.2) is 0 Å². The van der Waals surface area contributed by atoms with Gasteiger partial charge in [-0.25, -0.2) is 4.79 Å². The van der Waals surface area contributed by atoms with Crippen LogP contribution in [0, 0.1) is 0 Å². The van der Waals surface area contributed by atoms with Crippen LogP contribution in [0.4, 0.5) is 5.69 Å². The van der Waals surface area contributed by atoms with Crippen LogP contribution < -0.4 is 10.1 Å². The number of anilines is 1. The maximum atomic E-state index is 12.5. The zero-order chi connectivity index (χ0) is 23.4. The summed E-state index contributed by atoms with van der Waals surface area (Å²) in [5.74, 6) is -0.352. The van der Waals surface area contributed by atoms with Crippen molar-refractivity contribution < 1.29 is 19.4 Å². The molecule has 1 heterocycles. The summed E-state index contributed by atoms with van der Waals surface area (Å²) in [5.41, 5.74) is 3.98. The van der Waals surface area contributed by atoms with Gasteiger partial charge in [-0.15, -0.1) is 0 Å². The minimum atomic E-state index is -1.01. The van der Waals surface area contributed by atoms with Crippen molar-refractivity contribution in [1.82, 2.24) is 4.57 Å². The number of carboxylic acid groups (broad SMARTS) is 1. The van der Waals surface area contributed by atoms with Gasteiger partial charge in [-0.1, -0.05) is 49.4 Å². The average Bonchev–Trinajstić information content (AvgIpc) is 3.14. The van der Waals surface area contributed by atoms with Gasteiger partial charge in [-0.05, 0) is 47.9 Å². The first-order valence-electron chi connectivity index (χ1n) is 10.9. The van der Waals surface area contributed by atoms with Crippen molar-refractivity contribution in [3.05, 3.63) is 84.1 Å². The molecule has 0 saturated carbocycles. The molecule has 2 N–H and O–H groups in total. The molecule has 0 bridgehead atoms. The predicted octanol–water partition coefficient (Wildman–Crippen LogP) is 5.80. The standard InChI is InChI=1S/C27H26N2O4/c1-3-8-24(30)28-20-11-7-10-19(16-20)25-22-13-4-5-14-23(22)29(26(25)27(31)32)17-18-9-6-12-21(15-18)33-2/h4-7,9-16H,3,8,17H2,1-2H3,(H,28,30)(H,31,32). The van der Waals surface area contributed by atoms with E-state index in [0.29, 0.717) is 24.2 Å². The molecule has 0 aliphatic carbocycles. The number of aromatic nitrogens is 1. The number of nitrogens with one attached hydrogen (secondary N) is 1. The maximum Gasteiger partial charge on any atom is 0.353 e. The first-order valence-corrected chi connectivity index (χ1v) is 10.9. The minimum absolute atomic E-state index is 0.0615. The molecule has 1 amide bonds. The van der Waals surface area contributed by atoms with E-state index in [1.807, 2.05) is 84.3 Å². The summed E-state index contributed by atoms with van der Waals surface area (Å²) in [4.78, 5) is 24.6. The van der Waals surface area contributed by atoms with Gasteiger partial charge in [0.05, 0.1) is 7.11 Å². The molecule has 3 aromatic carbocycles. The van der Waals surface area contributed by atoms with Crippen LogP contribution in [0.1, 0.15) is 35.8 Å². The fraction of sp³-hybridized carbons (Fsp3) is 0.185. The fourth-order valence-electron chi connectivity index (χ4n) is 4.14. The number of ether oxygens (including phenoxy) is 1. The maximum absolute atomic E-state index is 12.5. The minimum Gasteiger partial charge on any atom is -0.497 e. The van der Waals surface area contributed by atoms with Crippen LogP contribution in [0.2, 0.25) is 0 Å². The van der Waals surface area contributed by atoms with Crippen LogP contribution in [-0.4, -0.2) is 28.7 Å². The van der Waals surface area contributed by atoms with Gasteiger partial charge < -0.3 is 19.7 Å². The summed E-state index contributed by atoms with van der Waals surface area (Å²) < 4.78 is 7.16. The highest BCUT2D eigenvalue weighted by atomic mass is 16.5. The predicted molar refractivity (Wildman–Crippen MR) is 130 cm³/mol. The second-order valence-electron chi connectivity index (χ2n) is 7.86. The highest BCUT2D eigenvalue weighted by molar-refractivity contribution is 6.08. The Hall–Kier alpha value is -4.06. The number of aromatic carboxylic acids is 1. The van der Waals surface area contributed by atoms with E-state index in [2.05, 4.69) is 5.32 Å². The monoisotopic (exact) mass is 442 g/mol. The Balaban J connectivity index is 1.87. The van der Waals surface area contributed by atoms with Crippen molar-refractivity contribution >= 4 is 28.5 Å². The van der Waals surface area contributed by atoms with Crippen molar-refractivity contribution in [3.63, 3.8) is 0 Å². The number of benzene rings is 3. The van der Waals surface area contributed by atoms with Gasteiger partial charge in [0.25, 0.3) is 0 Å². The van der Waals surface area contributed by atoms with Gasteiger partial charge in [0, 0.05) is 35.1 Å². The van der Waals surface area contributed by atoms with Crippen LogP contribution in [-0.2, 0) is 11.3 Å². The first-order chi connectivity index (χ1) is 16.0. The van der Waals surface area contributed by atoms with E-state index in [-0.39, 0.29) is 11.6 Å². The molecule has 1 aromatic heterocycles. The second-order valence-corrected chi connectivity index (χ2v) is 7.86. The van der Waals surface area contributed by atoms with E-state index in [0.717, 1.165) is 34.2 Å². The summed E-state index contributed by atoms with van der Waals surface area (Å²) >= 11 is 0. The van der Waals surface area contributed by atoms with Crippen molar-refractivity contribution in [1.29, 1.82) is 0 Å². The van der Waals surface area contributed by atoms with E-state index in [4.69, 9.17) is 4.74 Å². The third kappa shape index (κ3) is 4.60. The average molecular weight is 443 g/mol. The molecule has 0 radical (unpaired) electrons. The van der Waals surface area contributed by atoms with E-state index in [9.17, 15) is 14.7 Å². The van der Waals surface area contributed by atoms with Crippen LogP contribution >= 0.6 is 0 Å². The third-order valence-electron chi connectivity index (χ3n) is 5.56.